The minimum Gasteiger partial charge on any atom is -0.497 e. The van der Waals surface area contributed by atoms with Crippen molar-refractivity contribution in [1.29, 1.82) is 0 Å². The second-order valence-electron chi connectivity index (χ2n) is 5.30. The third-order valence-electron chi connectivity index (χ3n) is 3.86. The van der Waals surface area contributed by atoms with Crippen LogP contribution in [-0.2, 0) is 6.54 Å². The summed E-state index contributed by atoms with van der Waals surface area (Å²) in [4.78, 5) is 0. The minimum absolute atomic E-state index is 0.189. The van der Waals surface area contributed by atoms with E-state index in [1.807, 2.05) is 6.07 Å². The first-order chi connectivity index (χ1) is 8.69. The Labute approximate surface area is 109 Å². The van der Waals surface area contributed by atoms with Crippen LogP contribution in [0.3, 0.4) is 0 Å². The first-order valence-electron chi connectivity index (χ1n) is 6.75. The summed E-state index contributed by atoms with van der Waals surface area (Å²) in [6, 6.07) is 5.60. The van der Waals surface area contributed by atoms with Gasteiger partial charge in [0.15, 0.2) is 0 Å². The number of rotatable bonds is 4. The van der Waals surface area contributed by atoms with E-state index >= 15 is 0 Å². The molecule has 0 amide bonds. The van der Waals surface area contributed by atoms with Crippen LogP contribution < -0.4 is 10.1 Å². The molecule has 0 heterocycles. The number of hydrogen-bond acceptors (Lipinski definition) is 2. The molecule has 0 aromatic heterocycles. The third kappa shape index (κ3) is 3.45. The highest BCUT2D eigenvalue weighted by molar-refractivity contribution is 5.28. The van der Waals surface area contributed by atoms with Gasteiger partial charge in [0.05, 0.1) is 7.11 Å². The van der Waals surface area contributed by atoms with Gasteiger partial charge in [0, 0.05) is 24.2 Å². The van der Waals surface area contributed by atoms with E-state index in [1.165, 1.54) is 31.7 Å². The maximum absolute atomic E-state index is 13.7. The van der Waals surface area contributed by atoms with Gasteiger partial charge in [0.2, 0.25) is 0 Å². The predicted octanol–water partition coefficient (Wildman–Crippen LogP) is 3.50. The Morgan fingerprint density at radius 3 is 2.61 bits per heavy atom. The van der Waals surface area contributed by atoms with Gasteiger partial charge in [0.25, 0.3) is 0 Å². The van der Waals surface area contributed by atoms with Crippen LogP contribution in [0.25, 0.3) is 0 Å². The lowest BCUT2D eigenvalue weighted by molar-refractivity contribution is 0.305. The molecule has 1 aromatic carbocycles. The van der Waals surface area contributed by atoms with Crippen molar-refractivity contribution < 1.29 is 9.13 Å². The van der Waals surface area contributed by atoms with Crippen molar-refractivity contribution in [1.82, 2.24) is 5.32 Å². The zero-order chi connectivity index (χ0) is 13.0. The van der Waals surface area contributed by atoms with Crippen molar-refractivity contribution in [2.24, 2.45) is 5.92 Å². The molecule has 0 atom stereocenters. The molecule has 2 rings (SSSR count). The number of nitrogens with one attached hydrogen (secondary N) is 1. The van der Waals surface area contributed by atoms with Crippen molar-refractivity contribution in [3.05, 3.63) is 29.6 Å². The fraction of sp³-hybridized carbons (Fsp3) is 0.600. The van der Waals surface area contributed by atoms with Gasteiger partial charge in [0.1, 0.15) is 11.6 Å². The topological polar surface area (TPSA) is 21.3 Å². The fourth-order valence-corrected chi connectivity index (χ4v) is 2.52. The van der Waals surface area contributed by atoms with E-state index in [0.29, 0.717) is 18.3 Å². The third-order valence-corrected chi connectivity index (χ3v) is 3.86. The summed E-state index contributed by atoms with van der Waals surface area (Å²) in [6.07, 6.45) is 4.98. The van der Waals surface area contributed by atoms with Crippen LogP contribution in [0.1, 0.15) is 38.2 Å². The largest absolute Gasteiger partial charge is 0.497 e. The molecule has 0 unspecified atom stereocenters. The monoisotopic (exact) mass is 251 g/mol. The van der Waals surface area contributed by atoms with E-state index in [4.69, 9.17) is 4.74 Å². The molecule has 0 spiro atoms. The van der Waals surface area contributed by atoms with Crippen molar-refractivity contribution >= 4 is 0 Å². The van der Waals surface area contributed by atoms with Crippen LogP contribution in [0.2, 0.25) is 0 Å². The van der Waals surface area contributed by atoms with Gasteiger partial charge in [-0.2, -0.15) is 0 Å². The lowest BCUT2D eigenvalue weighted by atomic mass is 9.87. The molecule has 100 valence electrons. The molecular formula is C15H22FNO. The van der Waals surface area contributed by atoms with Gasteiger partial charge in [-0.15, -0.1) is 0 Å². The maximum atomic E-state index is 13.7. The lowest BCUT2D eigenvalue weighted by Crippen LogP contribution is -2.32. The van der Waals surface area contributed by atoms with Crippen LogP contribution in [0.5, 0.6) is 5.75 Å². The van der Waals surface area contributed by atoms with Crippen LogP contribution in [-0.4, -0.2) is 13.2 Å². The molecule has 0 aliphatic heterocycles. The summed E-state index contributed by atoms with van der Waals surface area (Å²) < 4.78 is 18.7. The van der Waals surface area contributed by atoms with Gasteiger partial charge in [-0.05, 0) is 37.7 Å². The predicted molar refractivity (Wildman–Crippen MR) is 71.2 cm³/mol. The SMILES string of the molecule is COc1ccc(CNC2CCC(C)CC2)c(F)c1. The number of methoxy groups -OCH3 is 1. The lowest BCUT2D eigenvalue weighted by Gasteiger charge is -2.27. The van der Waals surface area contributed by atoms with Crippen LogP contribution in [0.4, 0.5) is 4.39 Å². The Morgan fingerprint density at radius 2 is 2.00 bits per heavy atom. The molecule has 0 bridgehead atoms. The summed E-state index contributed by atoms with van der Waals surface area (Å²) in [6.45, 7) is 2.91. The molecular weight excluding hydrogens is 229 g/mol. The van der Waals surface area contributed by atoms with Gasteiger partial charge in [-0.1, -0.05) is 13.0 Å². The number of benzene rings is 1. The number of ether oxygens (including phenoxy) is 1. The zero-order valence-electron chi connectivity index (χ0n) is 11.2. The molecule has 18 heavy (non-hydrogen) atoms. The van der Waals surface area contributed by atoms with Crippen molar-refractivity contribution in [3.63, 3.8) is 0 Å². The Balaban J connectivity index is 1.86. The first-order valence-corrected chi connectivity index (χ1v) is 6.75. The van der Waals surface area contributed by atoms with Gasteiger partial charge >= 0.3 is 0 Å². The zero-order valence-corrected chi connectivity index (χ0v) is 11.2. The Bertz CT molecular complexity index is 386. The first kappa shape index (κ1) is 13.3. The second kappa shape index (κ2) is 6.19. The smallest absolute Gasteiger partial charge is 0.131 e. The molecule has 1 saturated carbocycles. The van der Waals surface area contributed by atoms with E-state index in [2.05, 4.69) is 12.2 Å². The van der Waals surface area contributed by atoms with Crippen LogP contribution in [0.15, 0.2) is 18.2 Å². The highest BCUT2D eigenvalue weighted by Gasteiger charge is 2.17. The van der Waals surface area contributed by atoms with Crippen LogP contribution >= 0.6 is 0 Å². The van der Waals surface area contributed by atoms with Crippen LogP contribution in [0, 0.1) is 11.7 Å². The fourth-order valence-electron chi connectivity index (χ4n) is 2.52. The van der Waals surface area contributed by atoms with E-state index in [-0.39, 0.29) is 5.82 Å². The molecule has 1 aliphatic carbocycles. The molecule has 1 aromatic rings. The average molecular weight is 251 g/mol. The Morgan fingerprint density at radius 1 is 1.28 bits per heavy atom. The quantitative estimate of drug-likeness (QED) is 0.884. The molecule has 0 radical (unpaired) electrons. The molecule has 1 N–H and O–H groups in total. The van der Waals surface area contributed by atoms with Crippen molar-refractivity contribution in [3.8, 4) is 5.75 Å². The highest BCUT2D eigenvalue weighted by Crippen LogP contribution is 2.24. The standard InChI is InChI=1S/C15H22FNO/c1-11-3-6-13(7-4-11)17-10-12-5-8-14(18-2)9-15(12)16/h5,8-9,11,13,17H,3-4,6-7,10H2,1-2H3. The normalized spacial score (nSPS) is 23.9. The number of hydrogen-bond donors (Lipinski definition) is 1. The number of halogens is 1. The summed E-state index contributed by atoms with van der Waals surface area (Å²) in [5.41, 5.74) is 0.717. The van der Waals surface area contributed by atoms with Crippen molar-refractivity contribution in [2.45, 2.75) is 45.2 Å². The summed E-state index contributed by atoms with van der Waals surface area (Å²) in [5, 5.41) is 3.46. The van der Waals surface area contributed by atoms with E-state index in [0.717, 1.165) is 11.5 Å². The average Bonchev–Trinajstić information content (AvgIpc) is 2.39. The Kier molecular flexibility index (Phi) is 4.59. The van der Waals surface area contributed by atoms with Crippen molar-refractivity contribution in [2.75, 3.05) is 7.11 Å². The summed E-state index contributed by atoms with van der Waals surface area (Å²) >= 11 is 0. The summed E-state index contributed by atoms with van der Waals surface area (Å²) in [5.74, 6) is 1.23. The van der Waals surface area contributed by atoms with Gasteiger partial charge in [-0.25, -0.2) is 4.39 Å². The van der Waals surface area contributed by atoms with E-state index in [1.54, 1.807) is 13.2 Å². The van der Waals surface area contributed by atoms with Gasteiger partial charge in [-0.3, -0.25) is 0 Å². The molecule has 3 heteroatoms. The second-order valence-corrected chi connectivity index (χ2v) is 5.30. The van der Waals surface area contributed by atoms with E-state index < -0.39 is 0 Å². The maximum Gasteiger partial charge on any atom is 0.131 e. The minimum atomic E-state index is -0.189. The molecule has 1 fully saturated rings. The Hall–Kier alpha value is -1.09. The highest BCUT2D eigenvalue weighted by atomic mass is 19.1. The molecule has 2 nitrogen and oxygen atoms in total. The molecule has 0 saturated heterocycles. The molecule has 1 aliphatic rings. The van der Waals surface area contributed by atoms with Gasteiger partial charge < -0.3 is 10.1 Å². The summed E-state index contributed by atoms with van der Waals surface area (Å²) in [7, 11) is 1.55. The van der Waals surface area contributed by atoms with E-state index in [9.17, 15) is 4.39 Å².